The van der Waals surface area contributed by atoms with Crippen LogP contribution in [0.15, 0.2) is 41.3 Å². The largest absolute Gasteiger partial charge is 0.323 e. The molecule has 0 bridgehead atoms. The maximum absolute atomic E-state index is 10.9. The predicted octanol–water partition coefficient (Wildman–Crippen LogP) is 2.02. The molecule has 2 rings (SSSR count). The maximum atomic E-state index is 10.9. The van der Waals surface area contributed by atoms with E-state index in [0.717, 1.165) is 12.0 Å². The van der Waals surface area contributed by atoms with Crippen LogP contribution in [0.5, 0.6) is 0 Å². The zero-order valence-corrected chi connectivity index (χ0v) is 8.80. The monoisotopic (exact) mass is 218 g/mol. The third kappa shape index (κ3) is 2.41. The van der Waals surface area contributed by atoms with Crippen molar-refractivity contribution >= 4 is 12.2 Å². The summed E-state index contributed by atoms with van der Waals surface area (Å²) in [7, 11) is 0. The highest BCUT2D eigenvalue weighted by molar-refractivity contribution is 7.71. The summed E-state index contributed by atoms with van der Waals surface area (Å²) in [6.45, 7) is 0. The smallest absolute Gasteiger partial charge is 0.314 e. The minimum absolute atomic E-state index is 0.267. The zero-order valence-electron chi connectivity index (χ0n) is 7.99. The molecule has 2 N–H and O–H groups in total. The third-order valence-corrected chi connectivity index (χ3v) is 2.50. The summed E-state index contributed by atoms with van der Waals surface area (Å²) in [5.74, 6) is 0. The van der Waals surface area contributed by atoms with Gasteiger partial charge >= 0.3 is 5.69 Å². The second kappa shape index (κ2) is 4.23. The molecule has 0 saturated heterocycles. The minimum Gasteiger partial charge on any atom is -0.314 e. The fourth-order valence-electron chi connectivity index (χ4n) is 1.38. The molecule has 0 aliphatic rings. The first-order valence-electron chi connectivity index (χ1n) is 4.60. The van der Waals surface area contributed by atoms with Gasteiger partial charge in [0.25, 0.3) is 0 Å². The lowest BCUT2D eigenvalue weighted by atomic mass is 10.1. The summed E-state index contributed by atoms with van der Waals surface area (Å²) in [6.07, 6.45) is 2.39. The number of aromatic nitrogens is 2. The van der Waals surface area contributed by atoms with E-state index >= 15 is 0 Å². The molecule has 0 saturated carbocycles. The Hall–Kier alpha value is -1.68. The van der Waals surface area contributed by atoms with Crippen molar-refractivity contribution in [3.8, 4) is 0 Å². The number of nitrogens with one attached hydrogen (secondary N) is 2. The summed E-state index contributed by atoms with van der Waals surface area (Å²) in [6, 6.07) is 9.98. The molecule has 0 radical (unpaired) electrons. The van der Waals surface area contributed by atoms with Crippen LogP contribution in [0.1, 0.15) is 11.1 Å². The van der Waals surface area contributed by atoms with Crippen molar-refractivity contribution in [3.05, 3.63) is 62.8 Å². The molecular formula is C11H10N2OS. The lowest BCUT2D eigenvalue weighted by Gasteiger charge is -2.00. The maximum Gasteiger partial charge on any atom is 0.323 e. The second-order valence-corrected chi connectivity index (χ2v) is 3.67. The van der Waals surface area contributed by atoms with Crippen molar-refractivity contribution in [3.63, 3.8) is 0 Å². The van der Waals surface area contributed by atoms with Gasteiger partial charge in [0.2, 0.25) is 0 Å². The van der Waals surface area contributed by atoms with Crippen LogP contribution in [0.3, 0.4) is 0 Å². The fourth-order valence-corrected chi connectivity index (χ4v) is 1.61. The van der Waals surface area contributed by atoms with Gasteiger partial charge in [-0.2, -0.15) is 0 Å². The lowest BCUT2D eigenvalue weighted by molar-refractivity contribution is 1.00. The zero-order chi connectivity index (χ0) is 10.7. The Bertz CT molecular complexity index is 557. The first kappa shape index (κ1) is 9.86. The van der Waals surface area contributed by atoms with E-state index in [2.05, 4.69) is 9.97 Å². The van der Waals surface area contributed by atoms with Gasteiger partial charge in [-0.15, -0.1) is 0 Å². The molecule has 0 atom stereocenters. The van der Waals surface area contributed by atoms with Crippen LogP contribution in [0.2, 0.25) is 0 Å². The molecule has 1 aromatic heterocycles. The van der Waals surface area contributed by atoms with E-state index in [9.17, 15) is 4.79 Å². The van der Waals surface area contributed by atoms with Crippen molar-refractivity contribution in [2.45, 2.75) is 6.42 Å². The van der Waals surface area contributed by atoms with Crippen molar-refractivity contribution in [1.29, 1.82) is 0 Å². The summed E-state index contributed by atoms with van der Waals surface area (Å²) in [4.78, 5) is 16.1. The van der Waals surface area contributed by atoms with Gasteiger partial charge in [0.15, 0.2) is 0 Å². The first-order chi connectivity index (χ1) is 7.25. The predicted molar refractivity (Wildman–Crippen MR) is 61.5 cm³/mol. The quantitative estimate of drug-likeness (QED) is 0.758. The molecule has 3 nitrogen and oxygen atoms in total. The number of hydrogen-bond donors (Lipinski definition) is 2. The average molecular weight is 218 g/mol. The van der Waals surface area contributed by atoms with Gasteiger partial charge in [-0.1, -0.05) is 42.5 Å². The van der Waals surface area contributed by atoms with E-state index in [1.807, 2.05) is 30.3 Å². The van der Waals surface area contributed by atoms with Gasteiger partial charge in [-0.25, -0.2) is 4.79 Å². The number of benzene rings is 1. The molecule has 0 amide bonds. The van der Waals surface area contributed by atoms with E-state index in [4.69, 9.17) is 12.2 Å². The van der Waals surface area contributed by atoms with Crippen LogP contribution >= 0.6 is 12.2 Å². The molecule has 2 aromatic rings. The highest BCUT2D eigenvalue weighted by atomic mass is 32.1. The molecule has 0 aliphatic heterocycles. The SMILES string of the molecule is O=c1[nH]cc(Cc2ccccc2)c(=S)[nH]1. The van der Waals surface area contributed by atoms with Crippen molar-refractivity contribution in [2.75, 3.05) is 0 Å². The number of rotatable bonds is 2. The Morgan fingerprint density at radius 2 is 1.93 bits per heavy atom. The van der Waals surface area contributed by atoms with E-state index in [0.29, 0.717) is 4.64 Å². The third-order valence-electron chi connectivity index (χ3n) is 2.13. The number of H-pyrrole nitrogens is 2. The van der Waals surface area contributed by atoms with Crippen molar-refractivity contribution in [2.24, 2.45) is 0 Å². The van der Waals surface area contributed by atoms with Crippen LogP contribution in [0, 0.1) is 4.64 Å². The Morgan fingerprint density at radius 3 is 2.60 bits per heavy atom. The molecule has 15 heavy (non-hydrogen) atoms. The van der Waals surface area contributed by atoms with Gasteiger partial charge in [-0.3, -0.25) is 4.98 Å². The van der Waals surface area contributed by atoms with E-state index in [-0.39, 0.29) is 5.69 Å². The molecule has 0 aliphatic carbocycles. The van der Waals surface area contributed by atoms with E-state index in [1.54, 1.807) is 6.20 Å². The number of aromatic amines is 2. The minimum atomic E-state index is -0.267. The van der Waals surface area contributed by atoms with Gasteiger partial charge in [-0.05, 0) is 5.56 Å². The Morgan fingerprint density at radius 1 is 1.20 bits per heavy atom. The average Bonchev–Trinajstić information content (AvgIpc) is 2.24. The second-order valence-electron chi connectivity index (χ2n) is 3.26. The van der Waals surface area contributed by atoms with Crippen molar-refractivity contribution < 1.29 is 0 Å². The summed E-state index contributed by atoms with van der Waals surface area (Å²) < 4.78 is 0.502. The number of hydrogen-bond acceptors (Lipinski definition) is 2. The molecule has 0 fully saturated rings. The molecule has 76 valence electrons. The Labute approximate surface area is 91.8 Å². The highest BCUT2D eigenvalue weighted by Gasteiger charge is 1.98. The normalized spacial score (nSPS) is 10.1. The first-order valence-corrected chi connectivity index (χ1v) is 5.01. The Balaban J connectivity index is 2.33. The van der Waals surface area contributed by atoms with Crippen LogP contribution in [0.25, 0.3) is 0 Å². The summed E-state index contributed by atoms with van der Waals surface area (Å²) in [5, 5.41) is 0. The molecular weight excluding hydrogens is 208 g/mol. The highest BCUT2D eigenvalue weighted by Crippen LogP contribution is 2.07. The molecule has 1 heterocycles. The summed E-state index contributed by atoms with van der Waals surface area (Å²) >= 11 is 5.06. The van der Waals surface area contributed by atoms with Gasteiger partial charge in [0, 0.05) is 18.2 Å². The standard InChI is InChI=1S/C11H10N2OS/c14-11-12-7-9(10(15)13-11)6-8-4-2-1-3-5-8/h1-5,7H,6H2,(H2,12,13,14,15). The molecule has 1 aromatic carbocycles. The Kier molecular flexibility index (Phi) is 2.78. The van der Waals surface area contributed by atoms with Crippen molar-refractivity contribution in [1.82, 2.24) is 9.97 Å². The van der Waals surface area contributed by atoms with E-state index < -0.39 is 0 Å². The molecule has 0 spiro atoms. The summed E-state index contributed by atoms with van der Waals surface area (Å²) in [5.41, 5.74) is 1.83. The van der Waals surface area contributed by atoms with E-state index in [1.165, 1.54) is 5.56 Å². The molecule has 4 heteroatoms. The van der Waals surface area contributed by atoms with Gasteiger partial charge in [0.05, 0.1) is 0 Å². The van der Waals surface area contributed by atoms with Crippen LogP contribution < -0.4 is 5.69 Å². The van der Waals surface area contributed by atoms with Gasteiger partial charge < -0.3 is 4.98 Å². The van der Waals surface area contributed by atoms with Gasteiger partial charge in [0.1, 0.15) is 4.64 Å². The van der Waals surface area contributed by atoms with Crippen LogP contribution in [0.4, 0.5) is 0 Å². The van der Waals surface area contributed by atoms with Crippen LogP contribution in [-0.2, 0) is 6.42 Å². The lowest BCUT2D eigenvalue weighted by Crippen LogP contribution is -2.10. The fraction of sp³-hybridized carbons (Fsp3) is 0.0909. The molecule has 0 unspecified atom stereocenters. The topological polar surface area (TPSA) is 48.6 Å². The van der Waals surface area contributed by atoms with Crippen LogP contribution in [-0.4, -0.2) is 9.97 Å².